The number of nitrogens with one attached hydrogen (secondary N) is 2. The molecular weight excluding hydrogens is 484 g/mol. The summed E-state index contributed by atoms with van der Waals surface area (Å²) < 4.78 is 30.7. The number of sulfonamides is 1. The lowest BCUT2D eigenvalue weighted by Crippen LogP contribution is -2.47. The van der Waals surface area contributed by atoms with Crippen molar-refractivity contribution in [3.63, 3.8) is 0 Å². The molecule has 4 rings (SSSR count). The Morgan fingerprint density at radius 1 is 0.892 bits per heavy atom. The summed E-state index contributed by atoms with van der Waals surface area (Å²) in [5.41, 5.74) is 5.15. The Balaban J connectivity index is 1.10. The molecule has 2 atom stereocenters. The van der Waals surface area contributed by atoms with Crippen LogP contribution in [0.4, 0.5) is 5.69 Å². The van der Waals surface area contributed by atoms with E-state index in [2.05, 4.69) is 46.2 Å². The molecule has 2 aliphatic heterocycles. The molecule has 3 aliphatic rings. The van der Waals surface area contributed by atoms with Crippen molar-refractivity contribution in [3.8, 4) is 5.75 Å². The van der Waals surface area contributed by atoms with Crippen LogP contribution >= 0.6 is 0 Å². The maximum atomic E-state index is 11.3. The number of piperidine rings is 2. The molecule has 3 fully saturated rings. The molecule has 0 radical (unpaired) electrons. The maximum Gasteiger partial charge on any atom is 0.229 e. The van der Waals surface area contributed by atoms with Crippen LogP contribution in [0.15, 0.2) is 73.4 Å². The van der Waals surface area contributed by atoms with E-state index in [0.29, 0.717) is 24.1 Å². The fraction of sp³-hybridized carbons (Fsp3) is 0.517. The first-order valence-electron chi connectivity index (χ1n) is 13.4. The minimum Gasteiger partial charge on any atom is -0.494 e. The number of anilines is 1. The number of hydrogen-bond acceptors (Lipinski definition) is 6. The Morgan fingerprint density at radius 3 is 2.08 bits per heavy atom. The molecule has 0 aromatic heterocycles. The summed E-state index contributed by atoms with van der Waals surface area (Å²) in [5, 5.41) is 3.50. The highest BCUT2D eigenvalue weighted by molar-refractivity contribution is 7.92. The van der Waals surface area contributed by atoms with Gasteiger partial charge in [0.05, 0.1) is 12.9 Å². The minimum absolute atomic E-state index is 0.296. The molecule has 0 spiro atoms. The molecular formula is C29H42N4O3S. The smallest absolute Gasteiger partial charge is 0.229 e. The van der Waals surface area contributed by atoms with Gasteiger partial charge in [-0.2, -0.15) is 0 Å². The molecule has 2 N–H and O–H groups in total. The van der Waals surface area contributed by atoms with Gasteiger partial charge in [0.15, 0.2) is 0 Å². The van der Waals surface area contributed by atoms with Gasteiger partial charge < -0.3 is 19.9 Å². The van der Waals surface area contributed by atoms with Gasteiger partial charge in [0.2, 0.25) is 10.0 Å². The number of nitrogens with zero attached hydrogens (tertiary/aromatic N) is 2. The quantitative estimate of drug-likeness (QED) is 0.336. The van der Waals surface area contributed by atoms with Crippen LogP contribution in [0.3, 0.4) is 0 Å². The van der Waals surface area contributed by atoms with Crippen LogP contribution in [0.25, 0.3) is 0 Å². The molecule has 7 nitrogen and oxygen atoms in total. The van der Waals surface area contributed by atoms with Crippen LogP contribution < -0.4 is 14.8 Å². The third-order valence-corrected chi connectivity index (χ3v) is 8.12. The van der Waals surface area contributed by atoms with E-state index in [0.717, 1.165) is 81.2 Å². The Bertz CT molecular complexity index is 1090. The topological polar surface area (TPSA) is 73.9 Å². The second-order valence-electron chi connectivity index (χ2n) is 10.6. The molecule has 202 valence electrons. The fourth-order valence-corrected chi connectivity index (χ4v) is 5.80. The van der Waals surface area contributed by atoms with Gasteiger partial charge >= 0.3 is 0 Å². The van der Waals surface area contributed by atoms with Crippen LogP contribution in [-0.2, 0) is 10.0 Å². The number of ether oxygens (including phenoxy) is 1. The van der Waals surface area contributed by atoms with Crippen molar-refractivity contribution >= 4 is 15.7 Å². The van der Waals surface area contributed by atoms with E-state index in [-0.39, 0.29) is 0 Å². The van der Waals surface area contributed by atoms with E-state index in [1.54, 1.807) is 24.3 Å². The SMILES string of the molecule is C=C1C2CC(C(=C)N1CCCCNCCCOc1ccc(NS(C)(=O)=O)cc1)C(=C)N(CC1CC1)C2=C. The predicted molar refractivity (Wildman–Crippen MR) is 151 cm³/mol. The van der Waals surface area contributed by atoms with Crippen molar-refractivity contribution < 1.29 is 13.2 Å². The van der Waals surface area contributed by atoms with Gasteiger partial charge in [-0.3, -0.25) is 4.72 Å². The van der Waals surface area contributed by atoms with Crippen molar-refractivity contribution in [3.05, 3.63) is 73.4 Å². The summed E-state index contributed by atoms with van der Waals surface area (Å²) in [7, 11) is -3.27. The molecule has 2 saturated heterocycles. The molecule has 2 bridgehead atoms. The monoisotopic (exact) mass is 526 g/mol. The highest BCUT2D eigenvalue weighted by Crippen LogP contribution is 2.50. The van der Waals surface area contributed by atoms with Crippen molar-refractivity contribution in [1.29, 1.82) is 0 Å². The van der Waals surface area contributed by atoms with Gasteiger partial charge in [-0.1, -0.05) is 26.3 Å². The van der Waals surface area contributed by atoms with E-state index in [1.807, 2.05) is 0 Å². The minimum atomic E-state index is -3.27. The Kier molecular flexibility index (Phi) is 8.70. The fourth-order valence-electron chi connectivity index (χ4n) is 5.23. The third-order valence-electron chi connectivity index (χ3n) is 7.51. The zero-order valence-electron chi connectivity index (χ0n) is 22.2. The van der Waals surface area contributed by atoms with E-state index in [9.17, 15) is 8.42 Å². The van der Waals surface area contributed by atoms with Gasteiger partial charge in [0.25, 0.3) is 0 Å². The summed E-state index contributed by atoms with van der Waals surface area (Å²) in [5.74, 6) is 2.11. The zero-order valence-corrected chi connectivity index (χ0v) is 23.0. The standard InChI is InChI=1S/C29H42N4O3S/c1-21-28-19-29(24(4)33(23(28)3)20-25-9-10-25)22(2)32(21)17-7-6-15-30-16-8-18-36-27-13-11-26(12-14-27)31-37(5,34)35/h11-14,25,28-31H,1-4,6-10,15-20H2,5H3. The summed E-state index contributed by atoms with van der Waals surface area (Å²) >= 11 is 0. The van der Waals surface area contributed by atoms with Gasteiger partial charge in [0.1, 0.15) is 5.75 Å². The number of rotatable bonds is 14. The van der Waals surface area contributed by atoms with E-state index < -0.39 is 10.0 Å². The van der Waals surface area contributed by atoms with Gasteiger partial charge in [-0.05, 0) is 81.8 Å². The van der Waals surface area contributed by atoms with Gasteiger partial charge in [-0.15, -0.1) is 0 Å². The second-order valence-corrected chi connectivity index (χ2v) is 12.3. The van der Waals surface area contributed by atoms with Crippen LogP contribution in [0.5, 0.6) is 5.75 Å². The lowest BCUT2D eigenvalue weighted by atomic mass is 9.77. The lowest BCUT2D eigenvalue weighted by Gasteiger charge is -2.52. The van der Waals surface area contributed by atoms with Crippen LogP contribution in [0.1, 0.15) is 38.5 Å². The highest BCUT2D eigenvalue weighted by atomic mass is 32.2. The summed E-state index contributed by atoms with van der Waals surface area (Å²) in [6.07, 6.45) is 7.83. The number of unbranched alkanes of at least 4 members (excludes halogenated alkanes) is 1. The summed E-state index contributed by atoms with van der Waals surface area (Å²) in [6, 6.07) is 6.94. The van der Waals surface area contributed by atoms with E-state index in [4.69, 9.17) is 4.74 Å². The molecule has 1 aromatic rings. The highest BCUT2D eigenvalue weighted by Gasteiger charge is 2.43. The van der Waals surface area contributed by atoms with Crippen LogP contribution in [-0.4, -0.2) is 57.3 Å². The van der Waals surface area contributed by atoms with Crippen molar-refractivity contribution in [2.75, 3.05) is 43.8 Å². The molecule has 1 saturated carbocycles. The normalized spacial score (nSPS) is 22.0. The molecule has 2 heterocycles. The Morgan fingerprint density at radius 2 is 1.49 bits per heavy atom. The number of likely N-dealkylation sites (tertiary alicyclic amines) is 2. The van der Waals surface area contributed by atoms with Crippen molar-refractivity contribution in [2.45, 2.75) is 38.5 Å². The van der Waals surface area contributed by atoms with E-state index >= 15 is 0 Å². The number of benzene rings is 1. The average Bonchev–Trinajstić information content (AvgIpc) is 3.66. The molecule has 1 aliphatic carbocycles. The maximum absolute atomic E-state index is 11.3. The number of fused-ring (bicyclic) bond motifs is 2. The number of hydrogen-bond donors (Lipinski definition) is 2. The van der Waals surface area contributed by atoms with Gasteiger partial charge in [0, 0.05) is 53.4 Å². The molecule has 8 heteroatoms. The largest absolute Gasteiger partial charge is 0.494 e. The first-order chi connectivity index (χ1) is 17.6. The Hall–Kier alpha value is -2.71. The zero-order chi connectivity index (χ0) is 26.6. The molecule has 37 heavy (non-hydrogen) atoms. The summed E-state index contributed by atoms with van der Waals surface area (Å²) in [6.45, 7) is 22.2. The van der Waals surface area contributed by atoms with Crippen LogP contribution in [0.2, 0.25) is 0 Å². The predicted octanol–water partition coefficient (Wildman–Crippen LogP) is 4.92. The Labute approximate surface area is 223 Å². The molecule has 0 amide bonds. The molecule has 1 aromatic carbocycles. The lowest BCUT2D eigenvalue weighted by molar-refractivity contribution is 0.185. The summed E-state index contributed by atoms with van der Waals surface area (Å²) in [4.78, 5) is 4.69. The third kappa shape index (κ3) is 7.20. The van der Waals surface area contributed by atoms with Crippen molar-refractivity contribution in [2.24, 2.45) is 17.8 Å². The van der Waals surface area contributed by atoms with Gasteiger partial charge in [-0.25, -0.2) is 8.42 Å². The van der Waals surface area contributed by atoms with E-state index in [1.165, 1.54) is 24.2 Å². The average molecular weight is 527 g/mol. The first-order valence-corrected chi connectivity index (χ1v) is 15.2. The second kappa shape index (κ2) is 11.8. The first kappa shape index (κ1) is 27.3. The molecule has 2 unspecified atom stereocenters. The van der Waals surface area contributed by atoms with Crippen molar-refractivity contribution in [1.82, 2.24) is 15.1 Å². The van der Waals surface area contributed by atoms with Crippen LogP contribution in [0, 0.1) is 17.8 Å².